The third-order valence-electron chi connectivity index (χ3n) is 2.17. The predicted molar refractivity (Wildman–Crippen MR) is 74.6 cm³/mol. The minimum Gasteiger partial charge on any atom is -0.354 e. The van der Waals surface area contributed by atoms with Crippen molar-refractivity contribution in [3.8, 4) is 0 Å². The van der Waals surface area contributed by atoms with Crippen LogP contribution in [-0.2, 0) is 0 Å². The molecule has 0 unspecified atom stereocenters. The summed E-state index contributed by atoms with van der Waals surface area (Å²) in [5.41, 5.74) is 1.64. The van der Waals surface area contributed by atoms with E-state index in [4.69, 9.17) is 23.2 Å². The molecule has 0 saturated carbocycles. The maximum Gasteiger partial charge on any atom is 0.196 e. The van der Waals surface area contributed by atoms with E-state index in [0.29, 0.717) is 15.7 Å². The minimum atomic E-state index is 0. The first kappa shape index (κ1) is 13.6. The Hall–Kier alpha value is -0.450. The molecule has 1 aromatic carbocycles. The number of halogens is 3. The van der Waals surface area contributed by atoms with Gasteiger partial charge < -0.3 is 10.6 Å². The van der Waals surface area contributed by atoms with Gasteiger partial charge in [0.2, 0.25) is 0 Å². The third-order valence-corrected chi connectivity index (χ3v) is 2.88. The second-order valence-electron chi connectivity index (χ2n) is 3.37. The van der Waals surface area contributed by atoms with Crippen LogP contribution in [0.15, 0.2) is 17.1 Å². The van der Waals surface area contributed by atoms with Gasteiger partial charge in [0.15, 0.2) is 5.96 Å². The molecule has 1 aliphatic rings. The number of nitrogens with one attached hydrogen (secondary N) is 2. The molecule has 0 spiro atoms. The van der Waals surface area contributed by atoms with Crippen LogP contribution >= 0.6 is 40.2 Å². The van der Waals surface area contributed by atoms with Crippen LogP contribution in [0.5, 0.6) is 0 Å². The molecule has 2 rings (SSSR count). The Kier molecular flexibility index (Phi) is 4.89. The van der Waals surface area contributed by atoms with E-state index in [1.807, 2.05) is 13.0 Å². The molecule has 1 aromatic rings. The summed E-state index contributed by atoms with van der Waals surface area (Å²) >= 11 is 12.1. The maximum atomic E-state index is 6.06. The third kappa shape index (κ3) is 3.03. The molecule has 1 aliphatic heterocycles. The Morgan fingerprint density at radius 1 is 1.12 bits per heavy atom. The average molecular weight is 325 g/mol. The number of hydrogen-bond acceptors (Lipinski definition) is 1. The van der Waals surface area contributed by atoms with Crippen molar-refractivity contribution in [1.82, 2.24) is 10.6 Å². The molecule has 16 heavy (non-hydrogen) atoms. The molecule has 1 fully saturated rings. The Bertz CT molecular complexity index is 413. The molecule has 1 saturated heterocycles. The van der Waals surface area contributed by atoms with Crippen LogP contribution in [0.3, 0.4) is 0 Å². The fourth-order valence-corrected chi connectivity index (χ4v) is 1.76. The highest BCUT2D eigenvalue weighted by Gasteiger charge is 2.08. The standard InChI is InChI=1S/C10H11Cl2N3.BrH/c1-6-4-8(12)9(5-7(6)11)15-10-13-2-3-14-10;/h4-5H,2-3H2,1H3,(H2,13,14,15);1H. The Labute approximate surface area is 115 Å². The van der Waals surface area contributed by atoms with Crippen molar-refractivity contribution in [2.75, 3.05) is 13.1 Å². The first-order chi connectivity index (χ1) is 7.16. The summed E-state index contributed by atoms with van der Waals surface area (Å²) in [4.78, 5) is 4.34. The summed E-state index contributed by atoms with van der Waals surface area (Å²) in [6, 6.07) is 3.59. The highest BCUT2D eigenvalue weighted by atomic mass is 79.9. The van der Waals surface area contributed by atoms with Crippen molar-refractivity contribution >= 4 is 51.8 Å². The summed E-state index contributed by atoms with van der Waals surface area (Å²) in [7, 11) is 0. The number of nitrogens with zero attached hydrogens (tertiary/aromatic N) is 1. The smallest absolute Gasteiger partial charge is 0.196 e. The second-order valence-corrected chi connectivity index (χ2v) is 4.18. The van der Waals surface area contributed by atoms with E-state index >= 15 is 0 Å². The van der Waals surface area contributed by atoms with E-state index in [2.05, 4.69) is 15.6 Å². The van der Waals surface area contributed by atoms with E-state index < -0.39 is 0 Å². The van der Waals surface area contributed by atoms with E-state index in [-0.39, 0.29) is 17.0 Å². The monoisotopic (exact) mass is 323 g/mol. The van der Waals surface area contributed by atoms with Gasteiger partial charge in [0.25, 0.3) is 0 Å². The summed E-state index contributed by atoms with van der Waals surface area (Å²) in [5.74, 6) is 0.747. The van der Waals surface area contributed by atoms with Crippen LogP contribution < -0.4 is 10.6 Å². The quantitative estimate of drug-likeness (QED) is 0.833. The summed E-state index contributed by atoms with van der Waals surface area (Å²) < 4.78 is 0. The largest absolute Gasteiger partial charge is 0.354 e. The first-order valence-corrected chi connectivity index (χ1v) is 5.44. The Balaban J connectivity index is 0.00000128. The van der Waals surface area contributed by atoms with E-state index in [1.165, 1.54) is 0 Å². The molecular formula is C10H12BrCl2N3. The molecular weight excluding hydrogens is 313 g/mol. The zero-order chi connectivity index (χ0) is 10.8. The van der Waals surface area contributed by atoms with Crippen molar-refractivity contribution in [1.29, 1.82) is 0 Å². The van der Waals surface area contributed by atoms with Crippen molar-refractivity contribution in [3.63, 3.8) is 0 Å². The zero-order valence-electron chi connectivity index (χ0n) is 8.68. The van der Waals surface area contributed by atoms with Crippen LogP contribution in [-0.4, -0.2) is 19.0 Å². The molecule has 0 amide bonds. The SMILES string of the molecule is Br.Cc1cc(Cl)c(N=C2NCCN2)cc1Cl. The summed E-state index contributed by atoms with van der Waals surface area (Å²) in [6.07, 6.45) is 0. The predicted octanol–water partition coefficient (Wildman–Crippen LogP) is 3.06. The van der Waals surface area contributed by atoms with Gasteiger partial charge in [-0.2, -0.15) is 0 Å². The number of aliphatic imine (C=N–C) groups is 1. The van der Waals surface area contributed by atoms with Crippen molar-refractivity contribution in [2.45, 2.75) is 6.92 Å². The fourth-order valence-electron chi connectivity index (χ4n) is 1.35. The molecule has 1 heterocycles. The topological polar surface area (TPSA) is 36.4 Å². The zero-order valence-corrected chi connectivity index (χ0v) is 11.9. The molecule has 0 aliphatic carbocycles. The van der Waals surface area contributed by atoms with Gasteiger partial charge in [-0.25, -0.2) is 4.99 Å². The highest BCUT2D eigenvalue weighted by Crippen LogP contribution is 2.30. The van der Waals surface area contributed by atoms with Crippen LogP contribution in [0, 0.1) is 6.92 Å². The number of rotatable bonds is 1. The number of hydrogen-bond donors (Lipinski definition) is 2. The lowest BCUT2D eigenvalue weighted by Gasteiger charge is -2.04. The molecule has 88 valence electrons. The summed E-state index contributed by atoms with van der Waals surface area (Å²) in [5, 5.41) is 7.50. The Morgan fingerprint density at radius 2 is 1.75 bits per heavy atom. The number of benzene rings is 1. The van der Waals surface area contributed by atoms with Crippen LogP contribution in [0.2, 0.25) is 10.0 Å². The lowest BCUT2D eigenvalue weighted by molar-refractivity contribution is 0.942. The van der Waals surface area contributed by atoms with E-state index in [0.717, 1.165) is 24.6 Å². The first-order valence-electron chi connectivity index (χ1n) is 4.69. The number of guanidine groups is 1. The van der Waals surface area contributed by atoms with Crippen molar-refractivity contribution < 1.29 is 0 Å². The minimum absolute atomic E-state index is 0. The lowest BCUT2D eigenvalue weighted by Crippen LogP contribution is -2.23. The van der Waals surface area contributed by atoms with Crippen LogP contribution in [0.25, 0.3) is 0 Å². The van der Waals surface area contributed by atoms with Gasteiger partial charge in [0.05, 0.1) is 10.7 Å². The molecule has 0 radical (unpaired) electrons. The fraction of sp³-hybridized carbons (Fsp3) is 0.300. The number of aryl methyl sites for hydroxylation is 1. The van der Waals surface area contributed by atoms with Gasteiger partial charge in [0, 0.05) is 18.1 Å². The van der Waals surface area contributed by atoms with Gasteiger partial charge in [-0.05, 0) is 24.6 Å². The Morgan fingerprint density at radius 3 is 2.38 bits per heavy atom. The van der Waals surface area contributed by atoms with Crippen molar-refractivity contribution in [3.05, 3.63) is 27.7 Å². The lowest BCUT2D eigenvalue weighted by atomic mass is 10.2. The van der Waals surface area contributed by atoms with Gasteiger partial charge in [-0.15, -0.1) is 17.0 Å². The van der Waals surface area contributed by atoms with E-state index in [1.54, 1.807) is 6.07 Å². The normalized spacial score (nSPS) is 13.8. The van der Waals surface area contributed by atoms with E-state index in [9.17, 15) is 0 Å². The van der Waals surface area contributed by atoms with Crippen LogP contribution in [0.4, 0.5) is 5.69 Å². The van der Waals surface area contributed by atoms with Crippen LogP contribution in [0.1, 0.15) is 5.56 Å². The van der Waals surface area contributed by atoms with Crippen molar-refractivity contribution in [2.24, 2.45) is 4.99 Å². The second kappa shape index (κ2) is 5.75. The average Bonchev–Trinajstić information content (AvgIpc) is 2.67. The summed E-state index contributed by atoms with van der Waals surface area (Å²) in [6.45, 7) is 3.68. The van der Waals surface area contributed by atoms with Gasteiger partial charge in [-0.3, -0.25) is 0 Å². The molecule has 0 atom stereocenters. The molecule has 0 aromatic heterocycles. The molecule has 2 N–H and O–H groups in total. The van der Waals surface area contributed by atoms with Gasteiger partial charge in [0.1, 0.15) is 0 Å². The highest BCUT2D eigenvalue weighted by molar-refractivity contribution is 8.93. The molecule has 6 heteroatoms. The molecule has 0 bridgehead atoms. The maximum absolute atomic E-state index is 6.06. The molecule has 3 nitrogen and oxygen atoms in total. The van der Waals surface area contributed by atoms with Gasteiger partial charge >= 0.3 is 0 Å². The van der Waals surface area contributed by atoms with Gasteiger partial charge in [-0.1, -0.05) is 23.2 Å².